The third-order valence-electron chi connectivity index (χ3n) is 13.4. The molecular formula is C60H62N4. The van der Waals surface area contributed by atoms with Crippen LogP contribution in [0.1, 0.15) is 112 Å². The molecule has 5 atom stereocenters. The zero-order chi connectivity index (χ0) is 44.1. The van der Waals surface area contributed by atoms with Crippen molar-refractivity contribution in [2.24, 2.45) is 11.8 Å². The van der Waals surface area contributed by atoms with Crippen molar-refractivity contribution in [3.05, 3.63) is 216 Å². The van der Waals surface area contributed by atoms with Gasteiger partial charge in [0.2, 0.25) is 0 Å². The van der Waals surface area contributed by atoms with E-state index in [2.05, 4.69) is 194 Å². The molecule has 0 aliphatic carbocycles. The minimum absolute atomic E-state index is 0.0991. The molecule has 0 saturated carbocycles. The van der Waals surface area contributed by atoms with E-state index in [1.54, 1.807) is 0 Å². The molecule has 322 valence electrons. The molecule has 8 rings (SSSR count). The van der Waals surface area contributed by atoms with Crippen molar-refractivity contribution < 1.29 is 0 Å². The Bertz CT molecular complexity index is 2610. The molecule has 0 saturated heterocycles. The van der Waals surface area contributed by atoms with Gasteiger partial charge in [0.25, 0.3) is 0 Å². The van der Waals surface area contributed by atoms with Crippen molar-refractivity contribution in [2.75, 3.05) is 0 Å². The van der Waals surface area contributed by atoms with E-state index in [1.165, 1.54) is 40.7 Å². The standard InChI is InChI=1S/C60H62N4/c1-5-43(3)40-53(46-25-31-49(32-26-46)56-14-7-10-37-61-56)24-21-45-19-22-52(23-20-45)59-17-13-18-60(64-59)55(48-29-35-51(36-30-48)58-16-9-12-39-63-58)42-54(41-44(4)6-2)47-27-33-50(34-28-47)57-15-8-11-38-62-57/h7-20,22-23,25-39,43-44,53-55H,5-6,21,24,40-42H2,1-4H3. The second-order valence-electron chi connectivity index (χ2n) is 17.9. The largest absolute Gasteiger partial charge is 0.256 e. The zero-order valence-electron chi connectivity index (χ0n) is 38.0. The van der Waals surface area contributed by atoms with Crippen LogP contribution >= 0.6 is 0 Å². The number of hydrogen-bond acceptors (Lipinski definition) is 4. The Kier molecular flexibility index (Phi) is 15.0. The first kappa shape index (κ1) is 44.1. The fourth-order valence-electron chi connectivity index (χ4n) is 9.13. The molecular weight excluding hydrogens is 777 g/mol. The maximum Gasteiger partial charge on any atom is 0.0705 e. The van der Waals surface area contributed by atoms with Gasteiger partial charge in [0.05, 0.1) is 22.8 Å². The molecule has 4 aromatic heterocycles. The molecule has 64 heavy (non-hydrogen) atoms. The molecule has 8 aromatic rings. The molecule has 4 aromatic carbocycles. The Balaban J connectivity index is 1.05. The van der Waals surface area contributed by atoms with Crippen molar-refractivity contribution >= 4 is 0 Å². The molecule has 0 fully saturated rings. The number of nitrogens with zero attached hydrogens (tertiary/aromatic N) is 4. The van der Waals surface area contributed by atoms with Gasteiger partial charge in [0.15, 0.2) is 0 Å². The van der Waals surface area contributed by atoms with Crippen LogP contribution < -0.4 is 0 Å². The summed E-state index contributed by atoms with van der Waals surface area (Å²) in [6, 6.07) is 61.4. The van der Waals surface area contributed by atoms with Crippen molar-refractivity contribution in [3.63, 3.8) is 0 Å². The molecule has 0 N–H and O–H groups in total. The minimum Gasteiger partial charge on any atom is -0.256 e. The summed E-state index contributed by atoms with van der Waals surface area (Å²) in [5, 5.41) is 0. The van der Waals surface area contributed by atoms with E-state index in [0.29, 0.717) is 23.7 Å². The van der Waals surface area contributed by atoms with Crippen molar-refractivity contribution in [3.8, 4) is 45.0 Å². The zero-order valence-corrected chi connectivity index (χ0v) is 38.0. The number of aryl methyl sites for hydroxylation is 1. The van der Waals surface area contributed by atoms with Gasteiger partial charge in [-0.1, -0.05) is 162 Å². The lowest BCUT2D eigenvalue weighted by molar-refractivity contribution is 0.424. The van der Waals surface area contributed by atoms with Gasteiger partial charge < -0.3 is 0 Å². The first-order chi connectivity index (χ1) is 31.4. The van der Waals surface area contributed by atoms with Crippen molar-refractivity contribution in [2.45, 2.75) is 90.4 Å². The number of aromatic nitrogens is 4. The molecule has 0 bridgehead atoms. The highest BCUT2D eigenvalue weighted by molar-refractivity contribution is 5.63. The number of rotatable bonds is 19. The van der Waals surface area contributed by atoms with Gasteiger partial charge in [-0.2, -0.15) is 0 Å². The van der Waals surface area contributed by atoms with E-state index in [4.69, 9.17) is 4.98 Å². The van der Waals surface area contributed by atoms with Crippen LogP contribution in [0.5, 0.6) is 0 Å². The molecule has 5 unspecified atom stereocenters. The number of pyridine rings is 4. The summed E-state index contributed by atoms with van der Waals surface area (Å²) >= 11 is 0. The van der Waals surface area contributed by atoms with Crippen molar-refractivity contribution in [1.29, 1.82) is 0 Å². The van der Waals surface area contributed by atoms with Crippen LogP contribution in [0, 0.1) is 11.8 Å². The summed E-state index contributed by atoms with van der Waals surface area (Å²) in [6.45, 7) is 9.40. The predicted octanol–water partition coefficient (Wildman–Crippen LogP) is 15.8. The lowest BCUT2D eigenvalue weighted by Gasteiger charge is -2.27. The van der Waals surface area contributed by atoms with Gasteiger partial charge in [-0.25, -0.2) is 0 Å². The number of benzene rings is 4. The van der Waals surface area contributed by atoms with Gasteiger partial charge >= 0.3 is 0 Å². The molecule has 4 nitrogen and oxygen atoms in total. The van der Waals surface area contributed by atoms with Crippen LogP contribution in [-0.4, -0.2) is 19.9 Å². The maximum absolute atomic E-state index is 5.49. The second kappa shape index (κ2) is 21.7. The Morgan fingerprint density at radius 1 is 0.391 bits per heavy atom. The molecule has 0 aliphatic rings. The first-order valence-electron chi connectivity index (χ1n) is 23.5. The topological polar surface area (TPSA) is 51.6 Å². The van der Waals surface area contributed by atoms with Gasteiger partial charge in [0, 0.05) is 52.5 Å². The van der Waals surface area contributed by atoms with Crippen LogP contribution in [-0.2, 0) is 6.42 Å². The number of hydrogen-bond donors (Lipinski definition) is 0. The van der Waals surface area contributed by atoms with Crippen LogP contribution in [0.15, 0.2) is 188 Å². The van der Waals surface area contributed by atoms with Crippen LogP contribution in [0.4, 0.5) is 0 Å². The Labute approximate surface area is 382 Å². The first-order valence-corrected chi connectivity index (χ1v) is 23.5. The Morgan fingerprint density at radius 3 is 1.28 bits per heavy atom. The maximum atomic E-state index is 5.49. The summed E-state index contributed by atoms with van der Waals surface area (Å²) in [5.74, 6) is 2.21. The smallest absolute Gasteiger partial charge is 0.0705 e. The lowest BCUT2D eigenvalue weighted by Crippen LogP contribution is -2.13. The lowest BCUT2D eigenvalue weighted by atomic mass is 9.78. The fraction of sp³-hybridized carbons (Fsp3) is 0.267. The molecule has 0 amide bonds. The third kappa shape index (κ3) is 11.3. The molecule has 4 heterocycles. The minimum atomic E-state index is 0.0991. The summed E-state index contributed by atoms with van der Waals surface area (Å²) in [5.41, 5.74) is 15.1. The molecule has 0 radical (unpaired) electrons. The highest BCUT2D eigenvalue weighted by Crippen LogP contribution is 2.40. The van der Waals surface area contributed by atoms with Crippen molar-refractivity contribution in [1.82, 2.24) is 19.9 Å². The summed E-state index contributed by atoms with van der Waals surface area (Å²) < 4.78 is 0. The highest BCUT2D eigenvalue weighted by Gasteiger charge is 2.25. The predicted molar refractivity (Wildman–Crippen MR) is 267 cm³/mol. The summed E-state index contributed by atoms with van der Waals surface area (Å²) in [7, 11) is 0. The van der Waals surface area contributed by atoms with E-state index in [9.17, 15) is 0 Å². The summed E-state index contributed by atoms with van der Waals surface area (Å²) in [6.07, 6.45) is 13.3. The normalized spacial score (nSPS) is 13.8. The summed E-state index contributed by atoms with van der Waals surface area (Å²) in [4.78, 5) is 19.3. The van der Waals surface area contributed by atoms with Crippen LogP contribution in [0.25, 0.3) is 45.0 Å². The van der Waals surface area contributed by atoms with E-state index < -0.39 is 0 Å². The van der Waals surface area contributed by atoms with E-state index in [0.717, 1.165) is 77.3 Å². The quantitative estimate of drug-likeness (QED) is 0.0814. The molecule has 0 aliphatic heterocycles. The molecule has 0 spiro atoms. The SMILES string of the molecule is CCC(C)CC(CCc1ccc(-c2cccc(C(CC(CC(C)CC)c3ccc(-c4ccccn4)cc3)c3ccc(-c4ccccn4)cc3)n2)cc1)c1ccc(-c2ccccn2)cc1. The van der Waals surface area contributed by atoms with E-state index in [-0.39, 0.29) is 5.92 Å². The monoisotopic (exact) mass is 838 g/mol. The van der Waals surface area contributed by atoms with Gasteiger partial charge in [-0.3, -0.25) is 19.9 Å². The van der Waals surface area contributed by atoms with Crippen LogP contribution in [0.2, 0.25) is 0 Å². The van der Waals surface area contributed by atoms with E-state index in [1.807, 2.05) is 36.8 Å². The van der Waals surface area contributed by atoms with Crippen LogP contribution in [0.3, 0.4) is 0 Å². The van der Waals surface area contributed by atoms with E-state index >= 15 is 0 Å². The second-order valence-corrected chi connectivity index (χ2v) is 17.9. The third-order valence-corrected chi connectivity index (χ3v) is 13.4. The average Bonchev–Trinajstić information content (AvgIpc) is 3.37. The van der Waals surface area contributed by atoms with Gasteiger partial charge in [-0.15, -0.1) is 0 Å². The van der Waals surface area contributed by atoms with Gasteiger partial charge in [0.1, 0.15) is 0 Å². The Morgan fingerprint density at radius 2 is 0.812 bits per heavy atom. The average molecular weight is 839 g/mol. The highest BCUT2D eigenvalue weighted by atomic mass is 14.7. The Hall–Kier alpha value is -6.52. The molecule has 4 heteroatoms. The fourth-order valence-corrected chi connectivity index (χ4v) is 9.13. The van der Waals surface area contributed by atoms with Gasteiger partial charge in [-0.05, 0) is 127 Å².